The normalized spacial score (nSPS) is 19.7. The Balaban J connectivity index is 2.39. The van der Waals surface area contributed by atoms with Crippen molar-refractivity contribution in [2.75, 3.05) is 19.6 Å². The summed E-state index contributed by atoms with van der Waals surface area (Å²) in [6.07, 6.45) is 2.29. The van der Waals surface area contributed by atoms with Gasteiger partial charge >= 0.3 is 6.09 Å². The number of rotatable bonds is 4. The number of carbonyl (C=O) groups is 1. The number of amides is 1. The van der Waals surface area contributed by atoms with Gasteiger partial charge in [0.15, 0.2) is 0 Å². The third-order valence-electron chi connectivity index (χ3n) is 2.80. The van der Waals surface area contributed by atoms with Gasteiger partial charge in [-0.1, -0.05) is 0 Å². The van der Waals surface area contributed by atoms with Gasteiger partial charge in [0, 0.05) is 32.1 Å². The van der Waals surface area contributed by atoms with Gasteiger partial charge in [0.25, 0.3) is 0 Å². The van der Waals surface area contributed by atoms with Crippen LogP contribution < -0.4 is 5.32 Å². The van der Waals surface area contributed by atoms with Crippen molar-refractivity contribution >= 4 is 6.09 Å². The summed E-state index contributed by atoms with van der Waals surface area (Å²) in [5, 5.41) is 11.7. The first kappa shape index (κ1) is 14.8. The second-order valence-electron chi connectivity index (χ2n) is 5.58. The lowest BCUT2D eigenvalue weighted by Crippen LogP contribution is -2.44. The highest BCUT2D eigenvalue weighted by atomic mass is 16.6. The van der Waals surface area contributed by atoms with Gasteiger partial charge in [0.05, 0.1) is 6.07 Å². The Labute approximate surface area is 109 Å². The number of carbonyl (C=O) groups excluding carboxylic acids is 1. The summed E-state index contributed by atoms with van der Waals surface area (Å²) in [5.41, 5.74) is -0.446. The summed E-state index contributed by atoms with van der Waals surface area (Å²) in [5.74, 6) is 0. The maximum Gasteiger partial charge on any atom is 0.410 e. The number of likely N-dealkylation sites (tertiary alicyclic amines) is 1. The van der Waals surface area contributed by atoms with Gasteiger partial charge in [-0.15, -0.1) is 0 Å². The maximum atomic E-state index is 12.0. The summed E-state index contributed by atoms with van der Waals surface area (Å²) in [7, 11) is 0. The van der Waals surface area contributed by atoms with E-state index in [2.05, 4.69) is 11.4 Å². The lowest BCUT2D eigenvalue weighted by Gasteiger charge is -2.28. The first-order valence-corrected chi connectivity index (χ1v) is 6.51. The molecule has 5 nitrogen and oxygen atoms in total. The van der Waals surface area contributed by atoms with Gasteiger partial charge in [-0.2, -0.15) is 5.26 Å². The molecule has 1 N–H and O–H groups in total. The molecule has 1 aliphatic heterocycles. The van der Waals surface area contributed by atoms with Crippen molar-refractivity contribution in [3.05, 3.63) is 0 Å². The number of hydrogen-bond acceptors (Lipinski definition) is 4. The lowest BCUT2D eigenvalue weighted by atomic mass is 10.2. The fourth-order valence-corrected chi connectivity index (χ4v) is 2.02. The molecule has 0 saturated carbocycles. The van der Waals surface area contributed by atoms with Crippen molar-refractivity contribution < 1.29 is 9.53 Å². The molecule has 1 amide bonds. The van der Waals surface area contributed by atoms with Crippen LogP contribution in [0.3, 0.4) is 0 Å². The number of nitrogens with zero attached hydrogens (tertiary/aromatic N) is 2. The minimum Gasteiger partial charge on any atom is -0.444 e. The van der Waals surface area contributed by atoms with Crippen molar-refractivity contribution in [3.63, 3.8) is 0 Å². The molecule has 0 spiro atoms. The van der Waals surface area contributed by atoms with Crippen LogP contribution in [0.5, 0.6) is 0 Å². The standard InChI is InChI=1S/C13H23N3O2/c1-13(2,3)18-12(17)16-9-4-6-11(16)10-15-8-5-7-14/h11,15H,4-6,8-10H2,1-3H3. The largest absolute Gasteiger partial charge is 0.444 e. The molecule has 0 aromatic carbocycles. The van der Waals surface area contributed by atoms with Gasteiger partial charge in [0.2, 0.25) is 0 Å². The number of hydrogen-bond donors (Lipinski definition) is 1. The Morgan fingerprint density at radius 3 is 2.89 bits per heavy atom. The van der Waals surface area contributed by atoms with E-state index in [0.717, 1.165) is 25.9 Å². The average molecular weight is 253 g/mol. The molecule has 1 heterocycles. The Bertz CT molecular complexity index is 317. The van der Waals surface area contributed by atoms with E-state index in [1.165, 1.54) is 0 Å². The van der Waals surface area contributed by atoms with Crippen LogP contribution in [-0.4, -0.2) is 42.3 Å². The fourth-order valence-electron chi connectivity index (χ4n) is 2.02. The number of nitriles is 1. The second-order valence-corrected chi connectivity index (χ2v) is 5.58. The van der Waals surface area contributed by atoms with Crippen LogP contribution >= 0.6 is 0 Å². The van der Waals surface area contributed by atoms with Crippen LogP contribution in [0.1, 0.15) is 40.0 Å². The number of ether oxygens (including phenoxy) is 1. The van der Waals surface area contributed by atoms with Crippen molar-refractivity contribution in [1.29, 1.82) is 5.26 Å². The molecule has 0 aromatic rings. The molecule has 1 unspecified atom stereocenters. The second kappa shape index (κ2) is 6.60. The predicted molar refractivity (Wildman–Crippen MR) is 69.1 cm³/mol. The van der Waals surface area contributed by atoms with Crippen molar-refractivity contribution in [2.24, 2.45) is 0 Å². The van der Waals surface area contributed by atoms with E-state index in [4.69, 9.17) is 10.00 Å². The predicted octanol–water partition coefficient (Wildman–Crippen LogP) is 1.89. The minimum atomic E-state index is -0.446. The molecule has 0 aliphatic carbocycles. The van der Waals surface area contributed by atoms with Crippen LogP contribution in [0.15, 0.2) is 0 Å². The Morgan fingerprint density at radius 1 is 1.56 bits per heavy atom. The summed E-state index contributed by atoms with van der Waals surface area (Å²) < 4.78 is 5.39. The summed E-state index contributed by atoms with van der Waals surface area (Å²) in [6.45, 7) is 7.80. The highest BCUT2D eigenvalue weighted by Crippen LogP contribution is 2.20. The van der Waals surface area contributed by atoms with Gasteiger partial charge in [-0.3, -0.25) is 0 Å². The van der Waals surface area contributed by atoms with Crippen molar-refractivity contribution in [1.82, 2.24) is 10.2 Å². The smallest absolute Gasteiger partial charge is 0.410 e. The first-order chi connectivity index (χ1) is 8.44. The van der Waals surface area contributed by atoms with Gasteiger partial charge in [-0.25, -0.2) is 4.79 Å². The molecule has 18 heavy (non-hydrogen) atoms. The topological polar surface area (TPSA) is 65.4 Å². The highest BCUT2D eigenvalue weighted by molar-refractivity contribution is 5.69. The highest BCUT2D eigenvalue weighted by Gasteiger charge is 2.31. The lowest BCUT2D eigenvalue weighted by molar-refractivity contribution is 0.0227. The van der Waals surface area contributed by atoms with E-state index >= 15 is 0 Å². The first-order valence-electron chi connectivity index (χ1n) is 6.51. The van der Waals surface area contributed by atoms with E-state index in [1.807, 2.05) is 20.8 Å². The zero-order valence-corrected chi connectivity index (χ0v) is 11.5. The average Bonchev–Trinajstić information content (AvgIpc) is 2.70. The van der Waals surface area contributed by atoms with Crippen LogP contribution in [0.4, 0.5) is 4.79 Å². The van der Waals surface area contributed by atoms with E-state index in [1.54, 1.807) is 4.90 Å². The SMILES string of the molecule is CC(C)(C)OC(=O)N1CCCC1CNCCC#N. The van der Waals surface area contributed by atoms with Gasteiger partial charge in [0.1, 0.15) is 5.60 Å². The zero-order valence-electron chi connectivity index (χ0n) is 11.5. The zero-order chi connectivity index (χ0) is 13.6. The van der Waals surface area contributed by atoms with Crippen molar-refractivity contribution in [2.45, 2.75) is 51.7 Å². The third kappa shape index (κ3) is 4.92. The molecule has 1 rings (SSSR count). The molecule has 102 valence electrons. The summed E-state index contributed by atoms with van der Waals surface area (Å²) in [4.78, 5) is 13.8. The number of nitrogens with one attached hydrogen (secondary N) is 1. The van der Waals surface area contributed by atoms with Crippen LogP contribution in [0, 0.1) is 11.3 Å². The molecule has 1 saturated heterocycles. The monoisotopic (exact) mass is 253 g/mol. The molecule has 5 heteroatoms. The van der Waals surface area contributed by atoms with E-state index in [-0.39, 0.29) is 12.1 Å². The van der Waals surface area contributed by atoms with Crippen molar-refractivity contribution in [3.8, 4) is 6.07 Å². The maximum absolute atomic E-state index is 12.0. The van der Waals surface area contributed by atoms with Gasteiger partial charge < -0.3 is 15.0 Å². The summed E-state index contributed by atoms with van der Waals surface area (Å²) >= 11 is 0. The molecule has 0 bridgehead atoms. The molecule has 0 aromatic heterocycles. The Hall–Kier alpha value is -1.28. The molecule has 1 aliphatic rings. The third-order valence-corrected chi connectivity index (χ3v) is 2.80. The van der Waals surface area contributed by atoms with Crippen LogP contribution in [-0.2, 0) is 4.74 Å². The Morgan fingerprint density at radius 2 is 2.28 bits per heavy atom. The molecule has 0 radical (unpaired) electrons. The van der Waals surface area contributed by atoms with Crippen LogP contribution in [0.2, 0.25) is 0 Å². The minimum absolute atomic E-state index is 0.193. The van der Waals surface area contributed by atoms with E-state index in [9.17, 15) is 4.79 Å². The van der Waals surface area contributed by atoms with Crippen LogP contribution in [0.25, 0.3) is 0 Å². The quantitative estimate of drug-likeness (QED) is 0.777. The molecular weight excluding hydrogens is 230 g/mol. The fraction of sp³-hybridized carbons (Fsp3) is 0.846. The summed E-state index contributed by atoms with van der Waals surface area (Å²) in [6, 6.07) is 2.28. The van der Waals surface area contributed by atoms with E-state index in [0.29, 0.717) is 13.0 Å². The van der Waals surface area contributed by atoms with E-state index < -0.39 is 5.60 Å². The molecule has 1 fully saturated rings. The van der Waals surface area contributed by atoms with Gasteiger partial charge in [-0.05, 0) is 33.6 Å². The Kier molecular flexibility index (Phi) is 5.42. The molecular formula is C13H23N3O2. The molecule has 1 atom stereocenters.